The van der Waals surface area contributed by atoms with Gasteiger partial charge in [0.15, 0.2) is 18.1 Å². The van der Waals surface area contributed by atoms with E-state index in [0.29, 0.717) is 23.0 Å². The zero-order chi connectivity index (χ0) is 17.1. The fraction of sp³-hybridized carbons (Fsp3) is 0.556. The van der Waals surface area contributed by atoms with Crippen molar-refractivity contribution in [1.82, 2.24) is 5.32 Å². The lowest BCUT2D eigenvalue weighted by Gasteiger charge is -2.21. The lowest BCUT2D eigenvalue weighted by atomic mass is 9.89. The number of hydrogen-bond acceptors (Lipinski definition) is 4. The van der Waals surface area contributed by atoms with Gasteiger partial charge in [-0.15, -0.1) is 0 Å². The molecular formula is C18H24N2O4. The normalized spacial score (nSPS) is 24.6. The van der Waals surface area contributed by atoms with Crippen LogP contribution >= 0.6 is 0 Å². The fourth-order valence-electron chi connectivity index (χ4n) is 4.03. The first-order chi connectivity index (χ1) is 11.6. The van der Waals surface area contributed by atoms with Gasteiger partial charge in [0.2, 0.25) is 0 Å². The first kappa shape index (κ1) is 16.6. The number of primary amides is 1. The molecule has 0 spiro atoms. The third-order valence-electron chi connectivity index (χ3n) is 5.21. The molecule has 0 radical (unpaired) electrons. The highest BCUT2D eigenvalue weighted by atomic mass is 16.5. The number of fused-ring (bicyclic) bond motifs is 2. The summed E-state index contributed by atoms with van der Waals surface area (Å²) in [5.74, 6) is 2.40. The first-order valence-electron chi connectivity index (χ1n) is 8.44. The molecule has 2 fully saturated rings. The molecule has 2 bridgehead atoms. The van der Waals surface area contributed by atoms with Crippen molar-refractivity contribution in [3.05, 3.63) is 23.8 Å². The molecule has 0 saturated heterocycles. The Morgan fingerprint density at radius 3 is 2.71 bits per heavy atom. The topological polar surface area (TPSA) is 90.7 Å². The average molecular weight is 332 g/mol. The highest BCUT2D eigenvalue weighted by molar-refractivity contribution is 5.94. The third-order valence-corrected chi connectivity index (χ3v) is 5.21. The molecule has 0 heterocycles. The fourth-order valence-corrected chi connectivity index (χ4v) is 4.03. The van der Waals surface area contributed by atoms with Gasteiger partial charge in [0.25, 0.3) is 11.8 Å². The third kappa shape index (κ3) is 3.63. The van der Waals surface area contributed by atoms with Crippen LogP contribution in [0, 0.1) is 17.8 Å². The monoisotopic (exact) mass is 332 g/mol. The summed E-state index contributed by atoms with van der Waals surface area (Å²) < 4.78 is 10.5. The number of ether oxygens (including phenoxy) is 2. The van der Waals surface area contributed by atoms with E-state index in [-0.39, 0.29) is 12.5 Å². The smallest absolute Gasteiger partial charge is 0.255 e. The Hall–Kier alpha value is -2.24. The van der Waals surface area contributed by atoms with Crippen LogP contribution in [0.1, 0.15) is 36.0 Å². The predicted octanol–water partition coefficient (Wildman–Crippen LogP) is 1.73. The summed E-state index contributed by atoms with van der Waals surface area (Å²) in [6, 6.07) is 4.90. The highest BCUT2D eigenvalue weighted by Gasteiger charge is 2.39. The van der Waals surface area contributed by atoms with Crippen LogP contribution in [-0.4, -0.2) is 32.1 Å². The molecule has 6 heteroatoms. The Kier molecular flexibility index (Phi) is 4.92. The van der Waals surface area contributed by atoms with Crippen molar-refractivity contribution in [1.29, 1.82) is 0 Å². The second kappa shape index (κ2) is 7.11. The summed E-state index contributed by atoms with van der Waals surface area (Å²) in [4.78, 5) is 23.2. The van der Waals surface area contributed by atoms with E-state index in [2.05, 4.69) is 5.32 Å². The molecule has 3 atom stereocenters. The summed E-state index contributed by atoms with van der Waals surface area (Å²) >= 11 is 0. The van der Waals surface area contributed by atoms with Gasteiger partial charge >= 0.3 is 0 Å². The van der Waals surface area contributed by atoms with E-state index in [0.717, 1.165) is 18.4 Å². The van der Waals surface area contributed by atoms with Gasteiger partial charge in [0.1, 0.15) is 0 Å². The number of amides is 2. The molecule has 24 heavy (non-hydrogen) atoms. The summed E-state index contributed by atoms with van der Waals surface area (Å²) in [6.07, 6.45) is 5.25. The maximum Gasteiger partial charge on any atom is 0.255 e. The van der Waals surface area contributed by atoms with Crippen molar-refractivity contribution in [2.24, 2.45) is 23.5 Å². The van der Waals surface area contributed by atoms with Gasteiger partial charge in [-0.1, -0.05) is 6.42 Å². The lowest BCUT2D eigenvalue weighted by Crippen LogP contribution is -2.31. The molecule has 0 aromatic heterocycles. The molecule has 3 N–H and O–H groups in total. The van der Waals surface area contributed by atoms with Gasteiger partial charge in [-0.2, -0.15) is 0 Å². The van der Waals surface area contributed by atoms with Crippen molar-refractivity contribution in [3.63, 3.8) is 0 Å². The Labute approximate surface area is 141 Å². The zero-order valence-electron chi connectivity index (χ0n) is 13.9. The molecule has 0 aliphatic heterocycles. The van der Waals surface area contributed by atoms with Crippen LogP contribution in [-0.2, 0) is 4.79 Å². The Bertz CT molecular complexity index is 631. The summed E-state index contributed by atoms with van der Waals surface area (Å²) in [7, 11) is 1.49. The van der Waals surface area contributed by atoms with Gasteiger partial charge in [-0.25, -0.2) is 0 Å². The van der Waals surface area contributed by atoms with Crippen LogP contribution in [0.3, 0.4) is 0 Å². The standard InChI is InChI=1S/C18H24N2O4/c1-23-16-8-13(4-5-15(16)24-10-17(19)21)18(22)20-9-14-7-11-2-3-12(14)6-11/h4-5,8,11-12,14H,2-3,6-7,9-10H2,1H3,(H2,19,21)(H,20,22). The Morgan fingerprint density at radius 2 is 2.08 bits per heavy atom. The number of nitrogens with two attached hydrogens (primary N) is 1. The molecule has 1 aromatic carbocycles. The summed E-state index contributed by atoms with van der Waals surface area (Å²) in [5.41, 5.74) is 5.58. The summed E-state index contributed by atoms with van der Waals surface area (Å²) in [6.45, 7) is 0.508. The molecule has 2 saturated carbocycles. The van der Waals surface area contributed by atoms with E-state index in [1.807, 2.05) is 0 Å². The quantitative estimate of drug-likeness (QED) is 0.795. The molecular weight excluding hydrogens is 308 g/mol. The van der Waals surface area contributed by atoms with Gasteiger partial charge in [-0.05, 0) is 55.2 Å². The van der Waals surface area contributed by atoms with Crippen LogP contribution in [0.5, 0.6) is 11.5 Å². The first-order valence-corrected chi connectivity index (χ1v) is 8.44. The number of methoxy groups -OCH3 is 1. The van der Waals surface area contributed by atoms with Gasteiger partial charge in [0, 0.05) is 12.1 Å². The molecule has 2 amide bonds. The minimum absolute atomic E-state index is 0.113. The number of carbonyl (C=O) groups excluding carboxylic acids is 2. The van der Waals surface area contributed by atoms with E-state index < -0.39 is 5.91 Å². The maximum absolute atomic E-state index is 12.4. The van der Waals surface area contributed by atoms with Crippen LogP contribution in [0.4, 0.5) is 0 Å². The van der Waals surface area contributed by atoms with E-state index in [9.17, 15) is 9.59 Å². The summed E-state index contributed by atoms with van der Waals surface area (Å²) in [5, 5.41) is 3.04. The maximum atomic E-state index is 12.4. The van der Waals surface area contributed by atoms with Crippen LogP contribution in [0.15, 0.2) is 18.2 Å². The van der Waals surface area contributed by atoms with Crippen molar-refractivity contribution in [3.8, 4) is 11.5 Å². The number of carbonyl (C=O) groups is 2. The molecule has 1 aromatic rings. The minimum Gasteiger partial charge on any atom is -0.493 e. The van der Waals surface area contributed by atoms with Crippen molar-refractivity contribution in [2.75, 3.05) is 20.3 Å². The van der Waals surface area contributed by atoms with Crippen LogP contribution in [0.25, 0.3) is 0 Å². The molecule has 6 nitrogen and oxygen atoms in total. The second-order valence-electron chi connectivity index (χ2n) is 6.77. The lowest BCUT2D eigenvalue weighted by molar-refractivity contribution is -0.119. The Morgan fingerprint density at radius 1 is 1.25 bits per heavy atom. The SMILES string of the molecule is COc1cc(C(=O)NCC2CC3CCC2C3)ccc1OCC(N)=O. The van der Waals surface area contributed by atoms with Crippen molar-refractivity contribution >= 4 is 11.8 Å². The molecule has 2 aliphatic rings. The molecule has 130 valence electrons. The van der Waals surface area contributed by atoms with E-state index >= 15 is 0 Å². The minimum atomic E-state index is -0.565. The average Bonchev–Trinajstić information content (AvgIpc) is 3.20. The molecule has 2 aliphatic carbocycles. The van der Waals surface area contributed by atoms with E-state index in [1.54, 1.807) is 18.2 Å². The van der Waals surface area contributed by atoms with E-state index in [1.165, 1.54) is 32.8 Å². The highest BCUT2D eigenvalue weighted by Crippen LogP contribution is 2.47. The van der Waals surface area contributed by atoms with Gasteiger partial charge in [-0.3, -0.25) is 9.59 Å². The van der Waals surface area contributed by atoms with Crippen molar-refractivity contribution in [2.45, 2.75) is 25.7 Å². The second-order valence-corrected chi connectivity index (χ2v) is 6.77. The number of hydrogen-bond donors (Lipinski definition) is 2. The molecule has 3 rings (SSSR count). The zero-order valence-corrected chi connectivity index (χ0v) is 13.9. The van der Waals surface area contributed by atoms with Gasteiger partial charge < -0.3 is 20.5 Å². The Balaban J connectivity index is 1.59. The van der Waals surface area contributed by atoms with Crippen molar-refractivity contribution < 1.29 is 19.1 Å². The number of benzene rings is 1. The number of nitrogens with one attached hydrogen (secondary N) is 1. The molecule has 3 unspecified atom stereocenters. The number of rotatable bonds is 7. The van der Waals surface area contributed by atoms with E-state index in [4.69, 9.17) is 15.2 Å². The van der Waals surface area contributed by atoms with Crippen LogP contribution in [0.2, 0.25) is 0 Å². The largest absolute Gasteiger partial charge is 0.493 e. The predicted molar refractivity (Wildman–Crippen MR) is 89.0 cm³/mol. The van der Waals surface area contributed by atoms with Crippen LogP contribution < -0.4 is 20.5 Å². The van der Waals surface area contributed by atoms with Gasteiger partial charge in [0.05, 0.1) is 7.11 Å².